The summed E-state index contributed by atoms with van der Waals surface area (Å²) in [5, 5.41) is 3.78. The van der Waals surface area contributed by atoms with Gasteiger partial charge in [-0.25, -0.2) is 0 Å². The topological polar surface area (TPSA) is 93.5 Å². The van der Waals surface area contributed by atoms with Crippen molar-refractivity contribution in [2.45, 2.75) is 34.1 Å². The number of rotatable bonds is 5. The van der Waals surface area contributed by atoms with Gasteiger partial charge in [-0.1, -0.05) is 11.2 Å². The Labute approximate surface area is 140 Å². The third-order valence-electron chi connectivity index (χ3n) is 3.43. The summed E-state index contributed by atoms with van der Waals surface area (Å²) in [5.41, 5.74) is 8.15. The van der Waals surface area contributed by atoms with E-state index in [0.29, 0.717) is 22.8 Å². The van der Waals surface area contributed by atoms with Gasteiger partial charge in [0.05, 0.1) is 12.1 Å². The zero-order chi connectivity index (χ0) is 17.7. The van der Waals surface area contributed by atoms with Gasteiger partial charge in [0.1, 0.15) is 11.5 Å². The second kappa shape index (κ2) is 7.63. The molecule has 0 unspecified atom stereocenters. The number of hydrogen-bond donors (Lipinski definition) is 2. The van der Waals surface area contributed by atoms with Crippen LogP contribution in [-0.2, 0) is 16.0 Å². The Kier molecular flexibility index (Phi) is 5.57. The van der Waals surface area contributed by atoms with Crippen LogP contribution in [0.1, 0.15) is 28.1 Å². The van der Waals surface area contributed by atoms with Gasteiger partial charge in [-0.3, -0.25) is 20.4 Å². The molecule has 0 aliphatic heterocycles. The van der Waals surface area contributed by atoms with Crippen molar-refractivity contribution in [3.8, 4) is 5.75 Å². The smallest absolute Gasteiger partial charge is 0.276 e. The van der Waals surface area contributed by atoms with Crippen LogP contribution in [-0.4, -0.2) is 23.6 Å². The number of nitrogens with zero attached hydrogens (tertiary/aromatic N) is 1. The molecule has 2 N–H and O–H groups in total. The first kappa shape index (κ1) is 17.5. The molecular weight excluding hydrogens is 310 g/mol. The van der Waals surface area contributed by atoms with E-state index in [1.807, 2.05) is 32.0 Å². The summed E-state index contributed by atoms with van der Waals surface area (Å²) >= 11 is 0. The Morgan fingerprint density at radius 3 is 2.25 bits per heavy atom. The Hall–Kier alpha value is -2.83. The van der Waals surface area contributed by atoms with Crippen molar-refractivity contribution in [2.75, 3.05) is 6.61 Å². The molecular formula is C17H21N3O4. The van der Waals surface area contributed by atoms with E-state index >= 15 is 0 Å². The monoisotopic (exact) mass is 331 g/mol. The molecule has 128 valence electrons. The van der Waals surface area contributed by atoms with Gasteiger partial charge in [-0.15, -0.1) is 0 Å². The summed E-state index contributed by atoms with van der Waals surface area (Å²) in [4.78, 5) is 23.6. The van der Waals surface area contributed by atoms with Crippen LogP contribution >= 0.6 is 0 Å². The maximum atomic E-state index is 11.8. The summed E-state index contributed by atoms with van der Waals surface area (Å²) in [6.07, 6.45) is 0.0827. The van der Waals surface area contributed by atoms with Crippen LogP contribution in [0.4, 0.5) is 0 Å². The molecule has 7 heteroatoms. The fraction of sp³-hybridized carbons (Fsp3) is 0.353. The van der Waals surface area contributed by atoms with Crippen molar-refractivity contribution in [3.05, 3.63) is 46.3 Å². The maximum absolute atomic E-state index is 11.8. The van der Waals surface area contributed by atoms with E-state index in [9.17, 15) is 9.59 Å². The molecule has 0 spiro atoms. The Bertz CT molecular complexity index is 713. The molecule has 0 saturated heterocycles. The third-order valence-corrected chi connectivity index (χ3v) is 3.43. The molecule has 0 radical (unpaired) electrons. The molecule has 2 amide bonds. The summed E-state index contributed by atoms with van der Waals surface area (Å²) in [7, 11) is 0. The number of benzene rings is 1. The van der Waals surface area contributed by atoms with Crippen LogP contribution in [0.3, 0.4) is 0 Å². The van der Waals surface area contributed by atoms with Gasteiger partial charge in [0.2, 0.25) is 5.91 Å². The van der Waals surface area contributed by atoms with Crippen LogP contribution in [0, 0.1) is 27.7 Å². The molecule has 0 fully saturated rings. The van der Waals surface area contributed by atoms with Crippen molar-refractivity contribution < 1.29 is 18.8 Å². The standard InChI is InChI=1S/C17H21N3O4/c1-10-5-11(2)7-14(6-10)23-9-17(22)19-18-16(21)8-15-12(3)20-24-13(15)4/h5-7H,8-9H2,1-4H3,(H,18,21)(H,19,22). The molecule has 1 aromatic heterocycles. The number of ether oxygens (including phenoxy) is 1. The molecule has 0 aliphatic carbocycles. The van der Waals surface area contributed by atoms with Crippen molar-refractivity contribution in [1.29, 1.82) is 0 Å². The van der Waals surface area contributed by atoms with E-state index in [1.54, 1.807) is 13.8 Å². The van der Waals surface area contributed by atoms with Crippen LogP contribution < -0.4 is 15.6 Å². The highest BCUT2D eigenvalue weighted by atomic mass is 16.5. The van der Waals surface area contributed by atoms with Crippen LogP contribution in [0.5, 0.6) is 5.75 Å². The molecule has 1 heterocycles. The largest absolute Gasteiger partial charge is 0.484 e. The van der Waals surface area contributed by atoms with Gasteiger partial charge in [-0.05, 0) is 51.0 Å². The number of amides is 2. The predicted octanol–water partition coefficient (Wildman–Crippen LogP) is 1.68. The van der Waals surface area contributed by atoms with Gasteiger partial charge in [-0.2, -0.15) is 0 Å². The van der Waals surface area contributed by atoms with E-state index in [-0.39, 0.29) is 18.9 Å². The fourth-order valence-corrected chi connectivity index (χ4v) is 2.30. The SMILES string of the molecule is Cc1cc(C)cc(OCC(=O)NNC(=O)Cc2c(C)noc2C)c1. The first-order valence-corrected chi connectivity index (χ1v) is 7.55. The molecule has 0 bridgehead atoms. The highest BCUT2D eigenvalue weighted by Crippen LogP contribution is 2.16. The highest BCUT2D eigenvalue weighted by Gasteiger charge is 2.14. The zero-order valence-electron chi connectivity index (χ0n) is 14.2. The average molecular weight is 331 g/mol. The van der Waals surface area contributed by atoms with E-state index in [2.05, 4.69) is 16.0 Å². The van der Waals surface area contributed by atoms with E-state index < -0.39 is 5.91 Å². The summed E-state index contributed by atoms with van der Waals surface area (Å²) in [6.45, 7) is 7.21. The van der Waals surface area contributed by atoms with Gasteiger partial charge < -0.3 is 9.26 Å². The lowest BCUT2D eigenvalue weighted by Crippen LogP contribution is -2.44. The molecule has 7 nitrogen and oxygen atoms in total. The minimum Gasteiger partial charge on any atom is -0.484 e. The van der Waals surface area contributed by atoms with Crippen LogP contribution in [0.2, 0.25) is 0 Å². The second-order valence-electron chi connectivity index (χ2n) is 5.69. The van der Waals surface area contributed by atoms with Gasteiger partial charge >= 0.3 is 0 Å². The van der Waals surface area contributed by atoms with Crippen LogP contribution in [0.15, 0.2) is 22.7 Å². The van der Waals surface area contributed by atoms with Crippen molar-refractivity contribution in [3.63, 3.8) is 0 Å². The van der Waals surface area contributed by atoms with E-state index in [0.717, 1.165) is 11.1 Å². The first-order valence-electron chi connectivity index (χ1n) is 7.55. The Balaban J connectivity index is 1.77. The number of hydrogen-bond acceptors (Lipinski definition) is 5. The lowest BCUT2D eigenvalue weighted by molar-refractivity contribution is -0.129. The van der Waals surface area contributed by atoms with Gasteiger partial charge in [0.15, 0.2) is 6.61 Å². The third kappa shape index (κ3) is 4.84. The number of aryl methyl sites for hydroxylation is 4. The van der Waals surface area contributed by atoms with Crippen LogP contribution in [0.25, 0.3) is 0 Å². The molecule has 24 heavy (non-hydrogen) atoms. The van der Waals surface area contributed by atoms with Gasteiger partial charge in [0, 0.05) is 5.56 Å². The number of carbonyl (C=O) groups is 2. The fourth-order valence-electron chi connectivity index (χ4n) is 2.30. The summed E-state index contributed by atoms with van der Waals surface area (Å²) in [5.74, 6) is 0.405. The number of hydrazine groups is 1. The number of nitrogens with one attached hydrogen (secondary N) is 2. The highest BCUT2D eigenvalue weighted by molar-refractivity contribution is 5.84. The van der Waals surface area contributed by atoms with Gasteiger partial charge in [0.25, 0.3) is 5.91 Å². The molecule has 0 aliphatic rings. The molecule has 0 saturated carbocycles. The molecule has 0 atom stereocenters. The van der Waals surface area contributed by atoms with Crippen molar-refractivity contribution >= 4 is 11.8 Å². The summed E-state index contributed by atoms with van der Waals surface area (Å²) in [6, 6.07) is 5.70. The summed E-state index contributed by atoms with van der Waals surface area (Å²) < 4.78 is 10.4. The second-order valence-corrected chi connectivity index (χ2v) is 5.69. The molecule has 2 rings (SSSR count). The quantitative estimate of drug-likeness (QED) is 0.813. The molecule has 1 aromatic carbocycles. The number of aromatic nitrogens is 1. The predicted molar refractivity (Wildman–Crippen MR) is 87.4 cm³/mol. The number of carbonyl (C=O) groups excluding carboxylic acids is 2. The van der Waals surface area contributed by atoms with Crippen molar-refractivity contribution in [2.24, 2.45) is 0 Å². The molecule has 2 aromatic rings. The Morgan fingerprint density at radius 2 is 1.67 bits per heavy atom. The van der Waals surface area contributed by atoms with Crippen molar-refractivity contribution in [1.82, 2.24) is 16.0 Å². The lowest BCUT2D eigenvalue weighted by Gasteiger charge is -2.10. The van der Waals surface area contributed by atoms with E-state index in [4.69, 9.17) is 9.26 Å². The minimum atomic E-state index is -0.443. The first-order chi connectivity index (χ1) is 11.3. The minimum absolute atomic E-state index is 0.0827. The lowest BCUT2D eigenvalue weighted by atomic mass is 10.1. The van der Waals surface area contributed by atoms with E-state index in [1.165, 1.54) is 0 Å². The maximum Gasteiger partial charge on any atom is 0.276 e. The zero-order valence-corrected chi connectivity index (χ0v) is 14.2. The normalized spacial score (nSPS) is 10.3. The average Bonchev–Trinajstić information content (AvgIpc) is 2.82. The Morgan fingerprint density at radius 1 is 1.04 bits per heavy atom.